The average molecular weight is 325 g/mol. The molecule has 2 aliphatic heterocycles. The molecule has 4 aromatic rings. The first-order valence-corrected chi connectivity index (χ1v) is 8.42. The number of benzene rings is 3. The van der Waals surface area contributed by atoms with E-state index in [1.54, 1.807) is 0 Å². The predicted molar refractivity (Wildman–Crippen MR) is 99.3 cm³/mol. The summed E-state index contributed by atoms with van der Waals surface area (Å²) in [5.74, 6) is 1.89. The van der Waals surface area contributed by atoms with Crippen LogP contribution in [0.25, 0.3) is 33.2 Å². The molecule has 0 fully saturated rings. The van der Waals surface area contributed by atoms with Crippen molar-refractivity contribution in [1.82, 2.24) is 9.97 Å². The fraction of sp³-hybridized carbons (Fsp3) is 0.0952. The van der Waals surface area contributed by atoms with E-state index in [0.29, 0.717) is 6.61 Å². The van der Waals surface area contributed by atoms with Gasteiger partial charge in [-0.3, -0.25) is 0 Å². The number of fused-ring (bicyclic) bond motifs is 6. The molecule has 0 saturated heterocycles. The minimum Gasteiger partial charge on any atom is -0.488 e. The molecule has 3 heterocycles. The van der Waals surface area contributed by atoms with Gasteiger partial charge in [-0.05, 0) is 53.3 Å². The zero-order valence-corrected chi connectivity index (χ0v) is 13.7. The van der Waals surface area contributed by atoms with Gasteiger partial charge in [0.05, 0.1) is 23.3 Å². The first-order chi connectivity index (χ1) is 12.3. The maximum absolute atomic E-state index is 6.08. The van der Waals surface area contributed by atoms with E-state index < -0.39 is 0 Å². The topological polar surface area (TPSA) is 59.9 Å². The fourth-order valence-corrected chi connectivity index (χ4v) is 3.76. The third-order valence-electron chi connectivity index (χ3n) is 5.11. The number of imidazole rings is 1. The van der Waals surface area contributed by atoms with Gasteiger partial charge >= 0.3 is 0 Å². The first-order valence-electron chi connectivity index (χ1n) is 8.42. The van der Waals surface area contributed by atoms with E-state index in [4.69, 9.17) is 4.74 Å². The molecule has 1 aromatic heterocycles. The zero-order valence-electron chi connectivity index (χ0n) is 13.7. The first kappa shape index (κ1) is 13.1. The lowest BCUT2D eigenvalue weighted by atomic mass is 9.93. The van der Waals surface area contributed by atoms with Crippen LogP contribution < -0.4 is 10.1 Å². The van der Waals surface area contributed by atoms with Gasteiger partial charge in [0.15, 0.2) is 0 Å². The third kappa shape index (κ3) is 1.85. The van der Waals surface area contributed by atoms with Crippen molar-refractivity contribution in [2.45, 2.75) is 13.5 Å². The highest BCUT2D eigenvalue weighted by molar-refractivity contribution is 6.12. The Kier molecular flexibility index (Phi) is 2.31. The molecule has 120 valence electrons. The lowest BCUT2D eigenvalue weighted by Gasteiger charge is -2.22. The summed E-state index contributed by atoms with van der Waals surface area (Å²) in [4.78, 5) is 7.59. The van der Waals surface area contributed by atoms with E-state index in [2.05, 4.69) is 57.7 Å². The number of aromatic nitrogens is 2. The van der Waals surface area contributed by atoms with Crippen LogP contribution in [0.1, 0.15) is 11.4 Å². The Morgan fingerprint density at radius 1 is 1.04 bits per heavy atom. The fourth-order valence-electron chi connectivity index (χ4n) is 3.76. The molecule has 3 aromatic carbocycles. The third-order valence-corrected chi connectivity index (χ3v) is 5.11. The van der Waals surface area contributed by atoms with Crippen molar-refractivity contribution in [3.8, 4) is 28.1 Å². The number of nitrogens with zero attached hydrogens (tertiary/aromatic N) is 1. The van der Waals surface area contributed by atoms with Crippen molar-refractivity contribution >= 4 is 22.1 Å². The molecular weight excluding hydrogens is 310 g/mol. The van der Waals surface area contributed by atoms with E-state index in [-0.39, 0.29) is 0 Å². The summed E-state index contributed by atoms with van der Waals surface area (Å²) >= 11 is 0. The second kappa shape index (κ2) is 4.42. The molecule has 0 atom stereocenters. The van der Waals surface area contributed by atoms with Crippen molar-refractivity contribution in [1.29, 1.82) is 0 Å². The highest BCUT2D eigenvalue weighted by Gasteiger charge is 2.23. The summed E-state index contributed by atoms with van der Waals surface area (Å²) in [6.45, 7) is 2.56. The number of aromatic amines is 1. The smallest absolute Gasteiger partial charge is 0.128 e. The van der Waals surface area contributed by atoms with Gasteiger partial charge in [-0.2, -0.15) is 0 Å². The summed E-state index contributed by atoms with van der Waals surface area (Å²) in [7, 11) is 0. The largest absolute Gasteiger partial charge is 0.488 e. The minimum atomic E-state index is 0.594. The Morgan fingerprint density at radius 2 is 2.00 bits per heavy atom. The van der Waals surface area contributed by atoms with Crippen LogP contribution in [0.2, 0.25) is 0 Å². The Hall–Kier alpha value is -3.27. The average Bonchev–Trinajstić information content (AvgIpc) is 3.32. The van der Waals surface area contributed by atoms with Crippen molar-refractivity contribution < 1.29 is 4.74 Å². The predicted octanol–water partition coefficient (Wildman–Crippen LogP) is 5.15. The van der Waals surface area contributed by atoms with Gasteiger partial charge in [-0.1, -0.05) is 18.2 Å². The minimum absolute atomic E-state index is 0.594. The second-order valence-corrected chi connectivity index (χ2v) is 6.73. The van der Waals surface area contributed by atoms with Crippen LogP contribution in [0.15, 0.2) is 48.7 Å². The summed E-state index contributed by atoms with van der Waals surface area (Å²) in [6.07, 6.45) is 1.88. The zero-order chi connectivity index (χ0) is 16.5. The van der Waals surface area contributed by atoms with Crippen LogP contribution in [-0.2, 0) is 6.61 Å². The van der Waals surface area contributed by atoms with Gasteiger partial charge in [0.2, 0.25) is 0 Å². The van der Waals surface area contributed by atoms with E-state index in [1.165, 1.54) is 38.8 Å². The highest BCUT2D eigenvalue weighted by Crippen LogP contribution is 2.49. The van der Waals surface area contributed by atoms with Gasteiger partial charge < -0.3 is 15.0 Å². The summed E-state index contributed by atoms with van der Waals surface area (Å²) < 4.78 is 6.08. The van der Waals surface area contributed by atoms with Crippen LogP contribution in [0.3, 0.4) is 0 Å². The molecule has 0 bridgehead atoms. The Labute approximate surface area is 144 Å². The van der Waals surface area contributed by atoms with Gasteiger partial charge in [-0.15, -0.1) is 0 Å². The Bertz CT molecular complexity index is 1190. The maximum atomic E-state index is 6.08. The van der Waals surface area contributed by atoms with Gasteiger partial charge in [0, 0.05) is 10.9 Å². The molecule has 0 aliphatic carbocycles. The van der Waals surface area contributed by atoms with E-state index >= 15 is 0 Å². The van der Waals surface area contributed by atoms with Crippen LogP contribution in [0.4, 0.5) is 11.4 Å². The number of rotatable bonds is 1. The normalized spacial score (nSPS) is 13.5. The number of hydrogen-bond acceptors (Lipinski definition) is 3. The molecule has 4 nitrogen and oxygen atoms in total. The standard InChI is InChI=1S/C21H15N3O/c1-11-22-9-19(23-11)13-2-4-15-14(6-13)10-25-20-8-16-12(7-17(15)20)3-5-18-21(16)24-18/h2-9,24H,10H2,1H3,(H,22,23). The SMILES string of the molecule is Cc1ncc(-c2ccc3c(c2)COc2cc4c5c(ccc4cc2-3)N5)[nH]1. The number of nitrogens with one attached hydrogen (secondary N) is 2. The van der Waals surface area contributed by atoms with Crippen molar-refractivity contribution in [2.75, 3.05) is 5.32 Å². The monoisotopic (exact) mass is 325 g/mol. The second-order valence-electron chi connectivity index (χ2n) is 6.73. The highest BCUT2D eigenvalue weighted by atomic mass is 16.5. The molecule has 0 radical (unpaired) electrons. The molecular formula is C21H15N3O. The van der Waals surface area contributed by atoms with Crippen LogP contribution in [0.5, 0.6) is 5.75 Å². The van der Waals surface area contributed by atoms with Crippen molar-refractivity contribution in [3.63, 3.8) is 0 Å². The van der Waals surface area contributed by atoms with E-state index in [0.717, 1.165) is 22.8 Å². The lowest BCUT2D eigenvalue weighted by molar-refractivity contribution is 0.303. The quantitative estimate of drug-likeness (QED) is 0.419. The van der Waals surface area contributed by atoms with Gasteiger partial charge in [0.25, 0.3) is 0 Å². The number of hydrogen-bond donors (Lipinski definition) is 2. The molecule has 2 N–H and O–H groups in total. The maximum Gasteiger partial charge on any atom is 0.128 e. The van der Waals surface area contributed by atoms with Crippen LogP contribution in [0, 0.1) is 6.92 Å². The molecule has 0 unspecified atom stereocenters. The summed E-state index contributed by atoms with van der Waals surface area (Å²) in [5, 5.41) is 5.80. The molecule has 6 rings (SSSR count). The number of anilines is 2. The molecule has 0 saturated carbocycles. The molecule has 25 heavy (non-hydrogen) atoms. The van der Waals surface area contributed by atoms with E-state index in [1.807, 2.05) is 13.1 Å². The molecule has 2 aliphatic rings. The van der Waals surface area contributed by atoms with Crippen LogP contribution in [-0.4, -0.2) is 9.97 Å². The number of aryl methyl sites for hydroxylation is 1. The van der Waals surface area contributed by atoms with Gasteiger partial charge in [0.1, 0.15) is 18.2 Å². The van der Waals surface area contributed by atoms with Crippen molar-refractivity contribution in [3.05, 3.63) is 60.0 Å². The molecule has 4 heteroatoms. The Balaban J connectivity index is 1.52. The Morgan fingerprint density at radius 3 is 2.88 bits per heavy atom. The lowest BCUT2D eigenvalue weighted by Crippen LogP contribution is -2.05. The van der Waals surface area contributed by atoms with Crippen LogP contribution >= 0.6 is 0 Å². The van der Waals surface area contributed by atoms with E-state index in [9.17, 15) is 0 Å². The molecule has 0 spiro atoms. The summed E-state index contributed by atoms with van der Waals surface area (Å²) in [6, 6.07) is 15.3. The van der Waals surface area contributed by atoms with Crippen molar-refractivity contribution in [2.24, 2.45) is 0 Å². The summed E-state index contributed by atoms with van der Waals surface area (Å²) in [5.41, 5.74) is 8.27. The number of H-pyrrole nitrogens is 1. The molecule has 0 amide bonds. The number of ether oxygens (including phenoxy) is 1. The van der Waals surface area contributed by atoms with Gasteiger partial charge in [-0.25, -0.2) is 4.98 Å².